The highest BCUT2D eigenvalue weighted by Crippen LogP contribution is 2.25. The smallest absolute Gasteiger partial charge is 0.163 e. The Bertz CT molecular complexity index is 425. The van der Waals surface area contributed by atoms with E-state index < -0.39 is 0 Å². The summed E-state index contributed by atoms with van der Waals surface area (Å²) in [4.78, 5) is 12.1. The van der Waals surface area contributed by atoms with Crippen molar-refractivity contribution in [3.05, 3.63) is 29.3 Å². The second-order valence-electron chi connectivity index (χ2n) is 6.31. The van der Waals surface area contributed by atoms with Crippen LogP contribution in [0.2, 0.25) is 0 Å². The molecule has 0 fully saturated rings. The standard InChI is InChI=1S/C16H24O2/c1-11(2)18-15-8-7-13(9-12(15)3)14(17)10-16(4,5)6/h7-9,11H,10H2,1-6H3. The molecule has 0 amide bonds. The van der Waals surface area contributed by atoms with Gasteiger partial charge in [0.05, 0.1) is 6.10 Å². The third-order valence-corrected chi connectivity index (χ3v) is 2.55. The zero-order valence-corrected chi connectivity index (χ0v) is 12.3. The molecule has 0 aliphatic heterocycles. The molecule has 2 heteroatoms. The number of carbonyl (C=O) groups is 1. The Morgan fingerprint density at radius 3 is 2.33 bits per heavy atom. The van der Waals surface area contributed by atoms with E-state index >= 15 is 0 Å². The molecule has 18 heavy (non-hydrogen) atoms. The first-order chi connectivity index (χ1) is 8.19. The summed E-state index contributed by atoms with van der Waals surface area (Å²) < 4.78 is 5.67. The molecule has 0 aliphatic carbocycles. The van der Waals surface area contributed by atoms with E-state index in [1.54, 1.807) is 0 Å². The predicted molar refractivity (Wildman–Crippen MR) is 75.3 cm³/mol. The van der Waals surface area contributed by atoms with Gasteiger partial charge < -0.3 is 4.74 Å². The molecule has 0 unspecified atom stereocenters. The molecule has 0 saturated heterocycles. The summed E-state index contributed by atoms with van der Waals surface area (Å²) in [6, 6.07) is 5.68. The fourth-order valence-electron chi connectivity index (χ4n) is 1.79. The topological polar surface area (TPSA) is 26.3 Å². The van der Waals surface area contributed by atoms with Crippen LogP contribution in [0.25, 0.3) is 0 Å². The summed E-state index contributed by atoms with van der Waals surface area (Å²) in [6.07, 6.45) is 0.719. The average molecular weight is 248 g/mol. The lowest BCUT2D eigenvalue weighted by Gasteiger charge is -2.17. The summed E-state index contributed by atoms with van der Waals surface area (Å²) >= 11 is 0. The lowest BCUT2D eigenvalue weighted by Crippen LogP contribution is -2.13. The summed E-state index contributed by atoms with van der Waals surface area (Å²) in [6.45, 7) is 12.2. The van der Waals surface area contributed by atoms with Crippen molar-refractivity contribution < 1.29 is 9.53 Å². The van der Waals surface area contributed by atoms with Gasteiger partial charge in [0.25, 0.3) is 0 Å². The van der Waals surface area contributed by atoms with Crippen molar-refractivity contribution in [3.63, 3.8) is 0 Å². The average Bonchev–Trinajstić information content (AvgIpc) is 2.17. The molecule has 1 aromatic carbocycles. The van der Waals surface area contributed by atoms with E-state index in [4.69, 9.17) is 4.74 Å². The van der Waals surface area contributed by atoms with E-state index in [2.05, 4.69) is 20.8 Å². The van der Waals surface area contributed by atoms with Gasteiger partial charge >= 0.3 is 0 Å². The van der Waals surface area contributed by atoms with Crippen molar-refractivity contribution in [2.24, 2.45) is 5.41 Å². The number of hydrogen-bond acceptors (Lipinski definition) is 2. The van der Waals surface area contributed by atoms with E-state index in [9.17, 15) is 4.79 Å². The zero-order valence-electron chi connectivity index (χ0n) is 12.3. The van der Waals surface area contributed by atoms with Gasteiger partial charge in [-0.25, -0.2) is 0 Å². The van der Waals surface area contributed by atoms with Crippen LogP contribution in [0, 0.1) is 12.3 Å². The first kappa shape index (κ1) is 14.7. The molecule has 0 atom stereocenters. The monoisotopic (exact) mass is 248 g/mol. The molecule has 0 heterocycles. The number of ether oxygens (including phenoxy) is 1. The molecule has 100 valence electrons. The van der Waals surface area contributed by atoms with Crippen LogP contribution in [0.15, 0.2) is 18.2 Å². The third-order valence-electron chi connectivity index (χ3n) is 2.55. The highest BCUT2D eigenvalue weighted by Gasteiger charge is 2.18. The van der Waals surface area contributed by atoms with Gasteiger partial charge in [0.2, 0.25) is 0 Å². The summed E-state index contributed by atoms with van der Waals surface area (Å²) in [7, 11) is 0. The summed E-state index contributed by atoms with van der Waals surface area (Å²) in [5.74, 6) is 1.05. The molecule has 0 saturated carbocycles. The zero-order chi connectivity index (χ0) is 13.9. The lowest BCUT2D eigenvalue weighted by atomic mass is 9.87. The molecular weight excluding hydrogens is 224 g/mol. The van der Waals surface area contributed by atoms with Crippen LogP contribution in [-0.2, 0) is 0 Å². The van der Waals surface area contributed by atoms with Crippen LogP contribution in [0.3, 0.4) is 0 Å². The molecule has 1 aromatic rings. The van der Waals surface area contributed by atoms with Crippen molar-refractivity contribution in [3.8, 4) is 5.75 Å². The van der Waals surface area contributed by atoms with Gasteiger partial charge in [-0.3, -0.25) is 4.79 Å². The quantitative estimate of drug-likeness (QED) is 0.738. The Balaban J connectivity index is 2.87. The molecule has 0 bridgehead atoms. The molecule has 2 nitrogen and oxygen atoms in total. The minimum atomic E-state index is 0.0259. The van der Waals surface area contributed by atoms with Crippen LogP contribution in [0.1, 0.15) is 57.0 Å². The van der Waals surface area contributed by atoms with E-state index in [0.717, 1.165) is 16.9 Å². The van der Waals surface area contributed by atoms with Crippen LogP contribution >= 0.6 is 0 Å². The minimum Gasteiger partial charge on any atom is -0.491 e. The van der Waals surface area contributed by atoms with E-state index in [1.807, 2.05) is 39.0 Å². The number of rotatable bonds is 4. The van der Waals surface area contributed by atoms with E-state index in [1.165, 1.54) is 0 Å². The van der Waals surface area contributed by atoms with Gasteiger partial charge in [-0.05, 0) is 49.9 Å². The first-order valence-electron chi connectivity index (χ1n) is 6.49. The molecule has 0 spiro atoms. The van der Waals surface area contributed by atoms with Gasteiger partial charge in [-0.15, -0.1) is 0 Å². The summed E-state index contributed by atoms with van der Waals surface area (Å²) in [5, 5.41) is 0. The highest BCUT2D eigenvalue weighted by atomic mass is 16.5. The Kier molecular flexibility index (Phi) is 4.55. The number of carbonyl (C=O) groups excluding carboxylic acids is 1. The van der Waals surface area contributed by atoms with Crippen LogP contribution in [0.4, 0.5) is 0 Å². The largest absolute Gasteiger partial charge is 0.491 e. The van der Waals surface area contributed by atoms with Crippen molar-refractivity contribution in [2.75, 3.05) is 0 Å². The SMILES string of the molecule is Cc1cc(C(=O)CC(C)(C)C)ccc1OC(C)C. The molecule has 0 aliphatic rings. The predicted octanol–water partition coefficient (Wildman–Crippen LogP) is 4.40. The molecular formula is C16H24O2. The number of ketones is 1. The normalized spacial score (nSPS) is 11.7. The van der Waals surface area contributed by atoms with Gasteiger partial charge in [0.15, 0.2) is 5.78 Å². The Morgan fingerprint density at radius 2 is 1.89 bits per heavy atom. The lowest BCUT2D eigenvalue weighted by molar-refractivity contribution is 0.0940. The maximum atomic E-state index is 12.1. The number of benzene rings is 1. The van der Waals surface area contributed by atoms with Crippen molar-refractivity contribution in [1.82, 2.24) is 0 Å². The Hall–Kier alpha value is -1.31. The van der Waals surface area contributed by atoms with Crippen molar-refractivity contribution in [2.45, 2.75) is 54.1 Å². The number of Topliss-reactive ketones (excluding diaryl/α,β-unsaturated/α-hetero) is 1. The maximum absolute atomic E-state index is 12.1. The number of hydrogen-bond donors (Lipinski definition) is 0. The minimum absolute atomic E-state index is 0.0259. The van der Waals surface area contributed by atoms with Gasteiger partial charge in [0, 0.05) is 12.0 Å². The van der Waals surface area contributed by atoms with Crippen LogP contribution < -0.4 is 4.74 Å². The molecule has 0 aromatic heterocycles. The Morgan fingerprint density at radius 1 is 1.28 bits per heavy atom. The van der Waals surface area contributed by atoms with Crippen LogP contribution in [0.5, 0.6) is 5.75 Å². The van der Waals surface area contributed by atoms with Gasteiger partial charge in [0.1, 0.15) is 5.75 Å². The third kappa shape index (κ3) is 4.52. The van der Waals surface area contributed by atoms with Gasteiger partial charge in [-0.2, -0.15) is 0 Å². The van der Waals surface area contributed by atoms with Crippen molar-refractivity contribution >= 4 is 5.78 Å². The van der Waals surface area contributed by atoms with Gasteiger partial charge in [-0.1, -0.05) is 20.8 Å². The molecule has 1 rings (SSSR count). The number of aryl methyl sites for hydroxylation is 1. The summed E-state index contributed by atoms with van der Waals surface area (Å²) in [5.41, 5.74) is 1.82. The fraction of sp³-hybridized carbons (Fsp3) is 0.562. The van der Waals surface area contributed by atoms with E-state index in [-0.39, 0.29) is 17.3 Å². The highest BCUT2D eigenvalue weighted by molar-refractivity contribution is 5.96. The first-order valence-corrected chi connectivity index (χ1v) is 6.49. The molecule has 0 radical (unpaired) electrons. The van der Waals surface area contributed by atoms with E-state index in [0.29, 0.717) is 6.42 Å². The van der Waals surface area contributed by atoms with Crippen LogP contribution in [-0.4, -0.2) is 11.9 Å². The molecule has 0 N–H and O–H groups in total. The Labute approximate surface area is 110 Å². The van der Waals surface area contributed by atoms with Crippen molar-refractivity contribution in [1.29, 1.82) is 0 Å². The second-order valence-corrected chi connectivity index (χ2v) is 6.31. The fourth-order valence-corrected chi connectivity index (χ4v) is 1.79. The second kappa shape index (κ2) is 5.55. The maximum Gasteiger partial charge on any atom is 0.163 e.